The highest BCUT2D eigenvalue weighted by Crippen LogP contribution is 2.36. The van der Waals surface area contributed by atoms with E-state index in [0.717, 1.165) is 4.47 Å². The maximum atomic E-state index is 12.4. The van der Waals surface area contributed by atoms with Crippen LogP contribution >= 0.6 is 31.9 Å². The molecule has 0 bridgehead atoms. The quantitative estimate of drug-likeness (QED) is 0.677. The first-order valence-electron chi connectivity index (χ1n) is 6.61. The van der Waals surface area contributed by atoms with E-state index in [1.807, 2.05) is 18.2 Å². The van der Waals surface area contributed by atoms with Crippen LogP contribution in [0.5, 0.6) is 0 Å². The number of pyridine rings is 1. The summed E-state index contributed by atoms with van der Waals surface area (Å²) in [5, 5.41) is 0. The van der Waals surface area contributed by atoms with Crippen LogP contribution in [0.4, 0.5) is 0 Å². The lowest BCUT2D eigenvalue weighted by atomic mass is 9.80. The number of halogens is 2. The number of benzene rings is 1. The summed E-state index contributed by atoms with van der Waals surface area (Å²) in [6, 6.07) is 9.80. The second kappa shape index (κ2) is 5.78. The third-order valence-corrected chi connectivity index (χ3v) is 4.81. The normalized spacial score (nSPS) is 14.9. The summed E-state index contributed by atoms with van der Waals surface area (Å²) < 4.78 is 1.56. The molecular formula is C16H13Br2NO. The summed E-state index contributed by atoms with van der Waals surface area (Å²) in [6.07, 6.45) is 5.50. The molecule has 0 radical (unpaired) electrons. The van der Waals surface area contributed by atoms with Crippen LogP contribution in [0.2, 0.25) is 0 Å². The molecule has 1 aromatic carbocycles. The van der Waals surface area contributed by atoms with Gasteiger partial charge in [-0.3, -0.25) is 9.78 Å². The van der Waals surface area contributed by atoms with Gasteiger partial charge in [-0.05, 0) is 62.2 Å². The Balaban J connectivity index is 1.86. The first kappa shape index (κ1) is 14.0. The first-order valence-corrected chi connectivity index (χ1v) is 8.19. The van der Waals surface area contributed by atoms with Gasteiger partial charge in [-0.2, -0.15) is 0 Å². The fourth-order valence-corrected chi connectivity index (χ4v) is 3.53. The van der Waals surface area contributed by atoms with E-state index >= 15 is 0 Å². The van der Waals surface area contributed by atoms with E-state index in [2.05, 4.69) is 49.0 Å². The minimum atomic E-state index is -0.0514. The van der Waals surface area contributed by atoms with Crippen molar-refractivity contribution >= 4 is 37.6 Å². The van der Waals surface area contributed by atoms with Gasteiger partial charge in [0.15, 0.2) is 0 Å². The maximum Gasteiger partial charge on any atom is 0.212 e. The molecule has 0 atom stereocenters. The van der Waals surface area contributed by atoms with E-state index in [1.54, 1.807) is 6.20 Å². The zero-order valence-electron chi connectivity index (χ0n) is 10.8. The van der Waals surface area contributed by atoms with Gasteiger partial charge in [-0.1, -0.05) is 30.7 Å². The van der Waals surface area contributed by atoms with Gasteiger partial charge in [0.1, 0.15) is 5.69 Å². The van der Waals surface area contributed by atoms with Gasteiger partial charge in [0, 0.05) is 20.7 Å². The molecule has 1 aliphatic carbocycles. The summed E-state index contributed by atoms with van der Waals surface area (Å²) in [4.78, 5) is 16.6. The third kappa shape index (κ3) is 2.72. The van der Waals surface area contributed by atoms with Crippen molar-refractivity contribution in [3.8, 4) is 0 Å². The number of hydrogen-bond donors (Lipinski definition) is 0. The van der Waals surface area contributed by atoms with Crippen molar-refractivity contribution in [3.63, 3.8) is 0 Å². The van der Waals surface area contributed by atoms with Crippen molar-refractivity contribution in [2.75, 3.05) is 0 Å². The number of carbonyl (C=O) groups is 1. The van der Waals surface area contributed by atoms with Crippen LogP contribution in [0.1, 0.15) is 46.8 Å². The lowest BCUT2D eigenvalue weighted by Gasteiger charge is -2.25. The van der Waals surface area contributed by atoms with Gasteiger partial charge < -0.3 is 0 Å². The second-order valence-electron chi connectivity index (χ2n) is 5.06. The highest BCUT2D eigenvalue weighted by atomic mass is 79.9. The molecule has 3 rings (SSSR count). The Morgan fingerprint density at radius 1 is 1.15 bits per heavy atom. The van der Waals surface area contributed by atoms with Gasteiger partial charge in [-0.15, -0.1) is 0 Å². The van der Waals surface area contributed by atoms with Crippen molar-refractivity contribution in [1.29, 1.82) is 0 Å². The average Bonchev–Trinajstić information content (AvgIpc) is 2.37. The van der Waals surface area contributed by atoms with Gasteiger partial charge in [0.25, 0.3) is 0 Å². The topological polar surface area (TPSA) is 30.0 Å². The number of nitrogens with zero attached hydrogens (tertiary/aromatic N) is 1. The Kier molecular flexibility index (Phi) is 4.03. The predicted molar refractivity (Wildman–Crippen MR) is 86.1 cm³/mol. The van der Waals surface area contributed by atoms with Crippen LogP contribution in [0.3, 0.4) is 0 Å². The fourth-order valence-electron chi connectivity index (χ4n) is 2.37. The Bertz CT molecular complexity index is 648. The summed E-state index contributed by atoms with van der Waals surface area (Å²) in [6.45, 7) is 0. The fraction of sp³-hybridized carbons (Fsp3) is 0.250. The zero-order chi connectivity index (χ0) is 14.1. The summed E-state index contributed by atoms with van der Waals surface area (Å²) in [7, 11) is 0. The van der Waals surface area contributed by atoms with Crippen molar-refractivity contribution in [2.45, 2.75) is 25.2 Å². The van der Waals surface area contributed by atoms with Crippen molar-refractivity contribution in [1.82, 2.24) is 4.98 Å². The van der Waals surface area contributed by atoms with E-state index in [4.69, 9.17) is 0 Å². The van der Waals surface area contributed by atoms with Gasteiger partial charge in [0.2, 0.25) is 5.78 Å². The van der Waals surface area contributed by atoms with Gasteiger partial charge in [0.05, 0.1) is 0 Å². The van der Waals surface area contributed by atoms with Crippen LogP contribution < -0.4 is 0 Å². The SMILES string of the molecule is O=C(c1ccc(C2CCC2)cc1)c1ncc(Br)cc1Br. The summed E-state index contributed by atoms with van der Waals surface area (Å²) in [5.74, 6) is 0.640. The van der Waals surface area contributed by atoms with E-state index in [0.29, 0.717) is 21.6 Å². The molecule has 2 nitrogen and oxygen atoms in total. The molecule has 0 saturated heterocycles. The maximum absolute atomic E-state index is 12.4. The minimum absolute atomic E-state index is 0.0514. The average molecular weight is 395 g/mol. The van der Waals surface area contributed by atoms with Crippen LogP contribution in [0.25, 0.3) is 0 Å². The second-order valence-corrected chi connectivity index (χ2v) is 6.83. The Morgan fingerprint density at radius 2 is 1.85 bits per heavy atom. The molecular weight excluding hydrogens is 382 g/mol. The van der Waals surface area contributed by atoms with E-state index in [-0.39, 0.29) is 5.78 Å². The first-order chi connectivity index (χ1) is 9.65. The number of rotatable bonds is 3. The molecule has 0 aliphatic heterocycles. The van der Waals surface area contributed by atoms with E-state index in [1.165, 1.54) is 24.8 Å². The van der Waals surface area contributed by atoms with E-state index in [9.17, 15) is 4.79 Å². The summed E-state index contributed by atoms with van der Waals surface area (Å²) in [5.41, 5.74) is 2.48. The molecule has 1 saturated carbocycles. The molecule has 0 unspecified atom stereocenters. The monoisotopic (exact) mass is 393 g/mol. The molecule has 1 heterocycles. The molecule has 1 aromatic heterocycles. The molecule has 4 heteroatoms. The highest BCUT2D eigenvalue weighted by molar-refractivity contribution is 9.11. The van der Waals surface area contributed by atoms with Crippen molar-refractivity contribution in [2.24, 2.45) is 0 Å². The number of ketones is 1. The smallest absolute Gasteiger partial charge is 0.212 e. The van der Waals surface area contributed by atoms with Crippen molar-refractivity contribution in [3.05, 3.63) is 62.3 Å². The molecule has 1 aliphatic rings. The molecule has 0 amide bonds. The van der Waals surface area contributed by atoms with E-state index < -0.39 is 0 Å². The van der Waals surface area contributed by atoms with Crippen LogP contribution in [0.15, 0.2) is 45.5 Å². The number of carbonyl (C=O) groups excluding carboxylic acids is 1. The highest BCUT2D eigenvalue weighted by Gasteiger charge is 2.20. The van der Waals surface area contributed by atoms with Crippen LogP contribution in [-0.2, 0) is 0 Å². The zero-order valence-corrected chi connectivity index (χ0v) is 13.9. The standard InChI is InChI=1S/C16H13Br2NO/c17-13-8-14(18)15(19-9-13)16(20)12-6-4-11(5-7-12)10-2-1-3-10/h4-10H,1-3H2. The Morgan fingerprint density at radius 3 is 2.40 bits per heavy atom. The third-order valence-electron chi connectivity index (χ3n) is 3.77. The Labute approximate surface area is 134 Å². The number of hydrogen-bond acceptors (Lipinski definition) is 2. The van der Waals surface area contributed by atoms with Crippen molar-refractivity contribution < 1.29 is 4.79 Å². The van der Waals surface area contributed by atoms with Gasteiger partial charge in [-0.25, -0.2) is 0 Å². The predicted octanol–water partition coefficient (Wildman–Crippen LogP) is 5.11. The van der Waals surface area contributed by atoms with Crippen LogP contribution in [0, 0.1) is 0 Å². The molecule has 1 fully saturated rings. The minimum Gasteiger partial charge on any atom is -0.287 e. The Hall–Kier alpha value is -1.00. The number of aromatic nitrogens is 1. The lowest BCUT2D eigenvalue weighted by Crippen LogP contribution is -2.09. The largest absolute Gasteiger partial charge is 0.287 e. The molecule has 20 heavy (non-hydrogen) atoms. The lowest BCUT2D eigenvalue weighted by molar-refractivity contribution is 0.103. The summed E-state index contributed by atoms with van der Waals surface area (Å²) >= 11 is 6.73. The molecule has 2 aromatic rings. The molecule has 0 spiro atoms. The van der Waals surface area contributed by atoms with Crippen LogP contribution in [-0.4, -0.2) is 10.8 Å². The van der Waals surface area contributed by atoms with Gasteiger partial charge >= 0.3 is 0 Å². The molecule has 0 N–H and O–H groups in total. The molecule has 102 valence electrons.